The van der Waals surface area contributed by atoms with E-state index in [2.05, 4.69) is 57.0 Å². The minimum absolute atomic E-state index is 0.0568. The quantitative estimate of drug-likeness (QED) is 0.621. The fourth-order valence-electron chi connectivity index (χ4n) is 3.78. The Hall–Kier alpha value is -2.34. The number of hydrogen-bond acceptors (Lipinski definition) is 3. The van der Waals surface area contributed by atoms with Crippen LogP contribution in [-0.2, 0) is 0 Å². The molecule has 0 radical (unpaired) electrons. The van der Waals surface area contributed by atoms with Gasteiger partial charge in [-0.2, -0.15) is 0 Å². The van der Waals surface area contributed by atoms with Gasteiger partial charge in [-0.1, -0.05) is 12.1 Å². The second-order valence-electron chi connectivity index (χ2n) is 7.20. The lowest BCUT2D eigenvalue weighted by Crippen LogP contribution is -2.49. The van der Waals surface area contributed by atoms with E-state index in [0.717, 1.165) is 34.5 Å². The van der Waals surface area contributed by atoms with Gasteiger partial charge in [0.1, 0.15) is 11.3 Å². The van der Waals surface area contributed by atoms with Crippen LogP contribution >= 0.6 is 15.9 Å². The zero-order valence-corrected chi connectivity index (χ0v) is 17.5. The van der Waals surface area contributed by atoms with Gasteiger partial charge >= 0.3 is 0 Å². The number of pyridine rings is 1. The summed E-state index contributed by atoms with van der Waals surface area (Å²) in [4.78, 5) is 22.2. The lowest BCUT2D eigenvalue weighted by atomic mass is 10.2. The van der Waals surface area contributed by atoms with Gasteiger partial charge in [-0.3, -0.25) is 9.20 Å². The molecule has 0 atom stereocenters. The predicted molar refractivity (Wildman–Crippen MR) is 112 cm³/mol. The third-order valence-electron chi connectivity index (χ3n) is 5.18. The lowest BCUT2D eigenvalue weighted by molar-refractivity contribution is 0.0739. The number of hydrogen-bond donors (Lipinski definition) is 0. The molecule has 0 unspecified atom stereocenters. The van der Waals surface area contributed by atoms with Gasteiger partial charge in [-0.15, -0.1) is 0 Å². The number of piperazine rings is 1. The van der Waals surface area contributed by atoms with Gasteiger partial charge in [0.15, 0.2) is 0 Å². The molecular weight excluding hydrogens is 404 g/mol. The monoisotopic (exact) mass is 426 g/mol. The summed E-state index contributed by atoms with van der Waals surface area (Å²) in [5, 5.41) is 0. The molecule has 1 aliphatic heterocycles. The van der Waals surface area contributed by atoms with Gasteiger partial charge in [0.25, 0.3) is 5.91 Å². The van der Waals surface area contributed by atoms with E-state index < -0.39 is 0 Å². The molecule has 140 valence electrons. The summed E-state index contributed by atoms with van der Waals surface area (Å²) >= 11 is 3.53. The Morgan fingerprint density at radius 3 is 2.52 bits per heavy atom. The van der Waals surface area contributed by atoms with Crippen molar-refractivity contribution in [3.63, 3.8) is 0 Å². The summed E-state index contributed by atoms with van der Waals surface area (Å²) in [6.45, 7) is 9.15. The van der Waals surface area contributed by atoms with Crippen LogP contribution in [-0.4, -0.2) is 46.4 Å². The molecule has 2 aromatic heterocycles. The highest BCUT2D eigenvalue weighted by atomic mass is 79.9. The number of anilines is 1. The number of nitrogens with zero attached hydrogens (tertiary/aromatic N) is 4. The van der Waals surface area contributed by atoms with Crippen LogP contribution in [0.4, 0.5) is 5.69 Å². The summed E-state index contributed by atoms with van der Waals surface area (Å²) in [6.07, 6.45) is 1.93. The van der Waals surface area contributed by atoms with Crippen molar-refractivity contribution in [2.24, 2.45) is 0 Å². The van der Waals surface area contributed by atoms with Crippen LogP contribution in [0.15, 0.2) is 41.0 Å². The standard InChI is InChI=1S/C21H23BrN4O/c1-14-5-4-6-18(11-14)24-7-9-25(10-8-24)21(27)19-16(3)23-20-15(2)12-17(22)13-26(19)20/h4-6,11-13H,7-10H2,1-3H3. The van der Waals surface area contributed by atoms with Crippen molar-refractivity contribution in [3.05, 3.63) is 63.5 Å². The Morgan fingerprint density at radius 2 is 1.81 bits per heavy atom. The number of carbonyl (C=O) groups is 1. The van der Waals surface area contributed by atoms with Crippen molar-refractivity contribution in [1.29, 1.82) is 0 Å². The fourth-order valence-corrected chi connectivity index (χ4v) is 4.33. The van der Waals surface area contributed by atoms with Crippen molar-refractivity contribution in [3.8, 4) is 0 Å². The van der Waals surface area contributed by atoms with E-state index >= 15 is 0 Å². The predicted octanol–water partition coefficient (Wildman–Crippen LogP) is 3.98. The average Bonchev–Trinajstić information content (AvgIpc) is 2.97. The molecule has 0 spiro atoms. The van der Waals surface area contributed by atoms with Gasteiger partial charge in [0.2, 0.25) is 0 Å². The van der Waals surface area contributed by atoms with Crippen molar-refractivity contribution < 1.29 is 4.79 Å². The molecule has 0 aliphatic carbocycles. The Labute approximate surface area is 167 Å². The molecule has 3 heterocycles. The van der Waals surface area contributed by atoms with Crippen LogP contribution in [0.1, 0.15) is 27.3 Å². The zero-order valence-electron chi connectivity index (χ0n) is 15.9. The van der Waals surface area contributed by atoms with E-state index in [1.165, 1.54) is 11.3 Å². The molecule has 1 saturated heterocycles. The summed E-state index contributed by atoms with van der Waals surface area (Å²) in [7, 11) is 0. The number of benzene rings is 1. The number of aryl methyl sites for hydroxylation is 3. The SMILES string of the molecule is Cc1cccc(N2CCN(C(=O)c3c(C)nc4c(C)cc(Br)cn34)CC2)c1. The normalized spacial score (nSPS) is 14.8. The first-order valence-electron chi connectivity index (χ1n) is 9.20. The Kier molecular flexibility index (Phi) is 4.68. The van der Waals surface area contributed by atoms with Gasteiger partial charge in [-0.05, 0) is 66.0 Å². The van der Waals surface area contributed by atoms with Gasteiger partial charge in [-0.25, -0.2) is 4.98 Å². The highest BCUT2D eigenvalue weighted by Crippen LogP contribution is 2.23. The number of aromatic nitrogens is 2. The maximum absolute atomic E-state index is 13.2. The number of carbonyl (C=O) groups excluding carboxylic acids is 1. The third-order valence-corrected chi connectivity index (χ3v) is 5.61. The Balaban J connectivity index is 1.57. The molecule has 0 bridgehead atoms. The molecule has 4 rings (SSSR count). The number of rotatable bonds is 2. The van der Waals surface area contributed by atoms with Crippen LogP contribution in [0.25, 0.3) is 5.65 Å². The largest absolute Gasteiger partial charge is 0.368 e. The van der Waals surface area contributed by atoms with Crippen LogP contribution < -0.4 is 4.90 Å². The summed E-state index contributed by atoms with van der Waals surface area (Å²) in [5.41, 5.74) is 5.83. The van der Waals surface area contributed by atoms with Crippen molar-refractivity contribution in [1.82, 2.24) is 14.3 Å². The molecule has 3 aromatic rings. The molecule has 1 fully saturated rings. The first-order chi connectivity index (χ1) is 12.9. The smallest absolute Gasteiger partial charge is 0.272 e. The first-order valence-corrected chi connectivity index (χ1v) is 9.99. The molecule has 1 amide bonds. The summed E-state index contributed by atoms with van der Waals surface area (Å²) < 4.78 is 2.87. The van der Waals surface area contributed by atoms with E-state index in [4.69, 9.17) is 0 Å². The maximum Gasteiger partial charge on any atom is 0.272 e. The third kappa shape index (κ3) is 3.34. The van der Waals surface area contributed by atoms with E-state index in [9.17, 15) is 4.79 Å². The molecule has 0 saturated carbocycles. The highest BCUT2D eigenvalue weighted by Gasteiger charge is 2.26. The number of fused-ring (bicyclic) bond motifs is 1. The van der Waals surface area contributed by atoms with Crippen LogP contribution in [0.3, 0.4) is 0 Å². The summed E-state index contributed by atoms with van der Waals surface area (Å²) in [6, 6.07) is 10.6. The van der Waals surface area contributed by atoms with Crippen LogP contribution in [0, 0.1) is 20.8 Å². The Bertz CT molecular complexity index is 1020. The molecule has 0 N–H and O–H groups in total. The van der Waals surface area contributed by atoms with Crippen molar-refractivity contribution in [2.75, 3.05) is 31.1 Å². The maximum atomic E-state index is 13.2. The van der Waals surface area contributed by atoms with E-state index in [1.54, 1.807) is 0 Å². The topological polar surface area (TPSA) is 40.8 Å². The van der Waals surface area contributed by atoms with E-state index in [-0.39, 0.29) is 5.91 Å². The van der Waals surface area contributed by atoms with Crippen LogP contribution in [0.2, 0.25) is 0 Å². The number of imidazole rings is 1. The van der Waals surface area contributed by atoms with Crippen LogP contribution in [0.5, 0.6) is 0 Å². The van der Waals surface area contributed by atoms with Crippen molar-refractivity contribution >= 4 is 33.2 Å². The molecule has 27 heavy (non-hydrogen) atoms. The highest BCUT2D eigenvalue weighted by molar-refractivity contribution is 9.10. The first kappa shape index (κ1) is 18.0. The average molecular weight is 427 g/mol. The molecular formula is C21H23BrN4O. The zero-order chi connectivity index (χ0) is 19.1. The van der Waals surface area contributed by atoms with Gasteiger partial charge < -0.3 is 9.80 Å². The lowest BCUT2D eigenvalue weighted by Gasteiger charge is -2.36. The molecule has 5 nitrogen and oxygen atoms in total. The minimum atomic E-state index is 0.0568. The second kappa shape index (κ2) is 7.00. The molecule has 6 heteroatoms. The fraction of sp³-hybridized carbons (Fsp3) is 0.333. The molecule has 1 aliphatic rings. The Morgan fingerprint density at radius 1 is 1.07 bits per heavy atom. The van der Waals surface area contributed by atoms with Gasteiger partial charge in [0, 0.05) is 42.5 Å². The van der Waals surface area contributed by atoms with Crippen molar-refractivity contribution in [2.45, 2.75) is 20.8 Å². The van der Waals surface area contributed by atoms with Gasteiger partial charge in [0.05, 0.1) is 5.69 Å². The van der Waals surface area contributed by atoms with E-state index in [1.807, 2.05) is 35.4 Å². The molecule has 1 aromatic carbocycles. The summed E-state index contributed by atoms with van der Waals surface area (Å²) in [5.74, 6) is 0.0568. The number of amides is 1. The van der Waals surface area contributed by atoms with E-state index in [0.29, 0.717) is 18.8 Å². The minimum Gasteiger partial charge on any atom is -0.368 e. The second-order valence-corrected chi connectivity index (χ2v) is 8.11. The number of halogens is 1.